The molecule has 1 fully saturated rings. The molecule has 0 N–H and O–H groups in total. The summed E-state index contributed by atoms with van der Waals surface area (Å²) in [6.07, 6.45) is 3.56. The molecular weight excluding hydrogens is 394 g/mol. The van der Waals surface area contributed by atoms with Crippen molar-refractivity contribution >= 4 is 29.1 Å². The van der Waals surface area contributed by atoms with Gasteiger partial charge in [-0.25, -0.2) is 0 Å². The third-order valence-corrected chi connectivity index (χ3v) is 6.41. The number of carbonyl (C=O) groups excluding carboxylic acids is 1. The fourth-order valence-electron chi connectivity index (χ4n) is 3.33. The molecule has 0 unspecified atom stereocenters. The SMILES string of the molecule is COc1ccc(-n2c(S[C@H]3CCCCC3=O)nnc2-c2ccccc2Cl)cc1. The van der Waals surface area contributed by atoms with Crippen LogP contribution in [-0.4, -0.2) is 32.9 Å². The van der Waals surface area contributed by atoms with Crippen LogP contribution >= 0.6 is 23.4 Å². The number of ether oxygens (including phenoxy) is 1. The number of carbonyl (C=O) groups is 1. The molecule has 0 amide bonds. The van der Waals surface area contributed by atoms with Gasteiger partial charge >= 0.3 is 0 Å². The molecule has 0 aliphatic heterocycles. The topological polar surface area (TPSA) is 57.0 Å². The molecule has 0 spiro atoms. The van der Waals surface area contributed by atoms with Gasteiger partial charge in [0.25, 0.3) is 0 Å². The lowest BCUT2D eigenvalue weighted by Gasteiger charge is -2.20. The highest BCUT2D eigenvalue weighted by molar-refractivity contribution is 8.00. The molecule has 0 radical (unpaired) electrons. The van der Waals surface area contributed by atoms with Gasteiger partial charge in [-0.1, -0.05) is 41.9 Å². The number of hydrogen-bond acceptors (Lipinski definition) is 5. The molecule has 5 nitrogen and oxygen atoms in total. The van der Waals surface area contributed by atoms with Crippen LogP contribution < -0.4 is 4.74 Å². The van der Waals surface area contributed by atoms with Gasteiger partial charge in [-0.3, -0.25) is 9.36 Å². The predicted octanol–water partition coefficient (Wildman–Crippen LogP) is 5.20. The number of aromatic nitrogens is 3. The number of halogens is 1. The van der Waals surface area contributed by atoms with E-state index in [4.69, 9.17) is 16.3 Å². The minimum Gasteiger partial charge on any atom is -0.497 e. The van der Waals surface area contributed by atoms with Gasteiger partial charge in [0.05, 0.1) is 17.4 Å². The zero-order chi connectivity index (χ0) is 19.5. The number of Topliss-reactive ketones (excluding diaryl/α,β-unsaturated/α-hetero) is 1. The van der Waals surface area contributed by atoms with Crippen molar-refractivity contribution in [1.29, 1.82) is 0 Å². The van der Waals surface area contributed by atoms with Gasteiger partial charge in [-0.2, -0.15) is 0 Å². The Hall–Kier alpha value is -2.31. The summed E-state index contributed by atoms with van der Waals surface area (Å²) in [7, 11) is 1.64. The van der Waals surface area contributed by atoms with Crippen molar-refractivity contribution in [3.8, 4) is 22.8 Å². The van der Waals surface area contributed by atoms with Crippen molar-refractivity contribution in [1.82, 2.24) is 14.8 Å². The second-order valence-corrected chi connectivity index (χ2v) is 8.22. The Kier molecular flexibility index (Phi) is 5.69. The van der Waals surface area contributed by atoms with E-state index in [0.717, 1.165) is 36.3 Å². The molecule has 0 saturated heterocycles. The summed E-state index contributed by atoms with van der Waals surface area (Å²) in [5, 5.41) is 10.1. The summed E-state index contributed by atoms with van der Waals surface area (Å²) < 4.78 is 7.24. The summed E-state index contributed by atoms with van der Waals surface area (Å²) in [4.78, 5) is 12.3. The Morgan fingerprint density at radius 1 is 1.11 bits per heavy atom. The van der Waals surface area contributed by atoms with Crippen LogP contribution in [0.1, 0.15) is 25.7 Å². The Morgan fingerprint density at radius 3 is 2.61 bits per heavy atom. The Morgan fingerprint density at radius 2 is 1.89 bits per heavy atom. The molecular formula is C21H20ClN3O2S. The molecule has 2 aromatic carbocycles. The number of methoxy groups -OCH3 is 1. The van der Waals surface area contributed by atoms with E-state index in [1.165, 1.54) is 11.8 Å². The lowest BCUT2D eigenvalue weighted by Crippen LogP contribution is -2.21. The maximum Gasteiger partial charge on any atom is 0.196 e. The smallest absolute Gasteiger partial charge is 0.196 e. The average molecular weight is 414 g/mol. The minimum atomic E-state index is -0.0750. The maximum absolute atomic E-state index is 12.3. The standard InChI is InChI=1S/C21H20ClN3O2S/c1-27-15-12-10-14(11-13-15)25-20(16-6-2-3-7-17(16)22)23-24-21(25)28-19-9-5-4-8-18(19)26/h2-3,6-7,10-13,19H,4-5,8-9H2,1H3/t19-/m0/s1. The largest absolute Gasteiger partial charge is 0.497 e. The number of benzene rings is 2. The Labute approximate surface area is 173 Å². The van der Waals surface area contributed by atoms with Gasteiger partial charge in [-0.05, 0) is 49.2 Å². The summed E-state index contributed by atoms with van der Waals surface area (Å²) in [6.45, 7) is 0. The predicted molar refractivity (Wildman–Crippen MR) is 111 cm³/mol. The van der Waals surface area contributed by atoms with Crippen molar-refractivity contribution in [2.75, 3.05) is 7.11 Å². The molecule has 144 valence electrons. The highest BCUT2D eigenvalue weighted by atomic mass is 35.5. The molecule has 1 heterocycles. The quantitative estimate of drug-likeness (QED) is 0.575. The number of hydrogen-bond donors (Lipinski definition) is 0. The number of nitrogens with zero attached hydrogens (tertiary/aromatic N) is 3. The van der Waals surface area contributed by atoms with E-state index >= 15 is 0 Å². The average Bonchev–Trinajstić information content (AvgIpc) is 3.13. The van der Waals surface area contributed by atoms with E-state index in [0.29, 0.717) is 28.2 Å². The zero-order valence-electron chi connectivity index (χ0n) is 15.5. The number of ketones is 1. The zero-order valence-corrected chi connectivity index (χ0v) is 17.0. The molecule has 3 aromatic rings. The molecule has 28 heavy (non-hydrogen) atoms. The number of thioether (sulfide) groups is 1. The number of rotatable bonds is 5. The fraction of sp³-hybridized carbons (Fsp3) is 0.286. The maximum atomic E-state index is 12.3. The van der Waals surface area contributed by atoms with Crippen LogP contribution in [0, 0.1) is 0 Å². The van der Waals surface area contributed by atoms with Crippen LogP contribution in [0.15, 0.2) is 53.7 Å². The molecule has 1 saturated carbocycles. The van der Waals surface area contributed by atoms with Crippen LogP contribution in [0.3, 0.4) is 0 Å². The summed E-state index contributed by atoms with van der Waals surface area (Å²) in [5.74, 6) is 1.72. The van der Waals surface area contributed by atoms with Crippen molar-refractivity contribution in [2.24, 2.45) is 0 Å². The second-order valence-electron chi connectivity index (χ2n) is 6.64. The summed E-state index contributed by atoms with van der Waals surface area (Å²) in [5.41, 5.74) is 1.70. The van der Waals surface area contributed by atoms with E-state index in [9.17, 15) is 4.79 Å². The van der Waals surface area contributed by atoms with Crippen molar-refractivity contribution in [2.45, 2.75) is 36.1 Å². The lowest BCUT2D eigenvalue weighted by molar-refractivity contribution is -0.119. The minimum absolute atomic E-state index is 0.0750. The van der Waals surface area contributed by atoms with Crippen LogP contribution in [-0.2, 0) is 4.79 Å². The van der Waals surface area contributed by atoms with Crippen LogP contribution in [0.5, 0.6) is 5.75 Å². The van der Waals surface area contributed by atoms with E-state index in [1.54, 1.807) is 7.11 Å². The molecule has 4 rings (SSSR count). The van der Waals surface area contributed by atoms with Crippen molar-refractivity contribution in [3.05, 3.63) is 53.6 Å². The van der Waals surface area contributed by atoms with E-state index < -0.39 is 0 Å². The van der Waals surface area contributed by atoms with Gasteiger partial charge in [0.1, 0.15) is 11.5 Å². The molecule has 0 bridgehead atoms. The van der Waals surface area contributed by atoms with Gasteiger partial charge < -0.3 is 4.74 Å². The molecule has 1 aliphatic carbocycles. The molecule has 1 aliphatic rings. The van der Waals surface area contributed by atoms with E-state index in [1.807, 2.05) is 53.1 Å². The van der Waals surface area contributed by atoms with Gasteiger partial charge in [0.2, 0.25) is 0 Å². The van der Waals surface area contributed by atoms with Gasteiger partial charge in [-0.15, -0.1) is 10.2 Å². The van der Waals surface area contributed by atoms with Crippen molar-refractivity contribution < 1.29 is 9.53 Å². The lowest BCUT2D eigenvalue weighted by atomic mass is 9.99. The summed E-state index contributed by atoms with van der Waals surface area (Å²) >= 11 is 7.92. The highest BCUT2D eigenvalue weighted by Gasteiger charge is 2.27. The second kappa shape index (κ2) is 8.37. The summed E-state index contributed by atoms with van der Waals surface area (Å²) in [6, 6.07) is 15.3. The third kappa shape index (κ3) is 3.80. The molecule has 7 heteroatoms. The van der Waals surface area contributed by atoms with Crippen molar-refractivity contribution in [3.63, 3.8) is 0 Å². The monoisotopic (exact) mass is 413 g/mol. The fourth-order valence-corrected chi connectivity index (χ4v) is 4.72. The van der Waals surface area contributed by atoms with Gasteiger partial charge in [0, 0.05) is 17.7 Å². The van der Waals surface area contributed by atoms with Crippen LogP contribution in [0.2, 0.25) is 5.02 Å². The van der Waals surface area contributed by atoms with E-state index in [2.05, 4.69) is 10.2 Å². The van der Waals surface area contributed by atoms with Crippen LogP contribution in [0.25, 0.3) is 17.1 Å². The first-order chi connectivity index (χ1) is 13.7. The van der Waals surface area contributed by atoms with Crippen LogP contribution in [0.4, 0.5) is 0 Å². The highest BCUT2D eigenvalue weighted by Crippen LogP contribution is 2.36. The normalized spacial score (nSPS) is 16.9. The first kappa shape index (κ1) is 19.0. The van der Waals surface area contributed by atoms with Gasteiger partial charge in [0.15, 0.2) is 11.0 Å². The Balaban J connectivity index is 1.79. The molecule has 1 atom stereocenters. The first-order valence-corrected chi connectivity index (χ1v) is 10.5. The Bertz CT molecular complexity index is 988. The first-order valence-electron chi connectivity index (χ1n) is 9.21. The molecule has 1 aromatic heterocycles. The third-order valence-electron chi connectivity index (χ3n) is 4.83. The van der Waals surface area contributed by atoms with E-state index in [-0.39, 0.29) is 5.25 Å².